The normalized spacial score (nSPS) is 14.3. The minimum atomic E-state index is -0.303. The van der Waals surface area contributed by atoms with Crippen LogP contribution >= 0.6 is 0 Å². The molecule has 2 N–H and O–H groups in total. The molecular formula is C18H27N3O3. The van der Waals surface area contributed by atoms with Crippen LogP contribution < -0.4 is 15.4 Å². The number of unbranched alkanes of at least 4 members (excludes halogenated alkanes) is 1. The third kappa shape index (κ3) is 7.46. The molecule has 24 heavy (non-hydrogen) atoms. The second kappa shape index (κ2) is 10.6. The van der Waals surface area contributed by atoms with Crippen molar-refractivity contribution in [2.75, 3.05) is 39.3 Å². The smallest absolute Gasteiger partial charge is 0.258 e. The molecule has 1 fully saturated rings. The fraction of sp³-hybridized carbons (Fsp3) is 0.556. The third-order valence-electron chi connectivity index (χ3n) is 3.98. The molecule has 6 heteroatoms. The quantitative estimate of drug-likeness (QED) is 0.631. The molecule has 0 aromatic heterocycles. The summed E-state index contributed by atoms with van der Waals surface area (Å²) in [5.74, 6) is 0.169. The van der Waals surface area contributed by atoms with E-state index < -0.39 is 0 Å². The lowest BCUT2D eigenvalue weighted by atomic mass is 10.3. The van der Waals surface area contributed by atoms with Gasteiger partial charge in [-0.3, -0.25) is 9.59 Å². The van der Waals surface area contributed by atoms with Crippen molar-refractivity contribution in [2.24, 2.45) is 0 Å². The Morgan fingerprint density at radius 2 is 1.75 bits per heavy atom. The molecule has 1 aliphatic rings. The van der Waals surface area contributed by atoms with Crippen molar-refractivity contribution in [3.63, 3.8) is 0 Å². The van der Waals surface area contributed by atoms with E-state index in [0.717, 1.165) is 19.4 Å². The fourth-order valence-electron chi connectivity index (χ4n) is 2.65. The highest BCUT2D eigenvalue weighted by molar-refractivity contribution is 5.85. The van der Waals surface area contributed by atoms with Gasteiger partial charge in [-0.25, -0.2) is 0 Å². The van der Waals surface area contributed by atoms with Gasteiger partial charge < -0.3 is 20.3 Å². The molecule has 0 atom stereocenters. The zero-order chi connectivity index (χ0) is 17.0. The maximum Gasteiger partial charge on any atom is 0.258 e. The zero-order valence-corrected chi connectivity index (χ0v) is 14.1. The maximum atomic E-state index is 11.7. The van der Waals surface area contributed by atoms with Gasteiger partial charge in [-0.05, 0) is 57.5 Å². The zero-order valence-electron chi connectivity index (χ0n) is 14.1. The molecule has 1 saturated heterocycles. The number of carbonyl (C=O) groups is 2. The van der Waals surface area contributed by atoms with Crippen LogP contribution in [0.25, 0.3) is 0 Å². The second-order valence-corrected chi connectivity index (χ2v) is 5.98. The summed E-state index contributed by atoms with van der Waals surface area (Å²) in [6.45, 7) is 4.09. The molecule has 1 aliphatic heterocycles. The first kappa shape index (κ1) is 18.3. The van der Waals surface area contributed by atoms with Crippen LogP contribution in [0.3, 0.4) is 0 Å². The first-order valence-corrected chi connectivity index (χ1v) is 8.67. The van der Waals surface area contributed by atoms with Gasteiger partial charge in [0.2, 0.25) is 5.91 Å². The summed E-state index contributed by atoms with van der Waals surface area (Å²) in [5, 5.41) is 5.38. The Morgan fingerprint density at radius 3 is 2.50 bits per heavy atom. The number of likely N-dealkylation sites (tertiary alicyclic amines) is 1. The number of carbonyl (C=O) groups excluding carboxylic acids is 2. The second-order valence-electron chi connectivity index (χ2n) is 5.98. The summed E-state index contributed by atoms with van der Waals surface area (Å²) in [5.41, 5.74) is 0. The summed E-state index contributed by atoms with van der Waals surface area (Å²) in [6.07, 6.45) is 4.68. The Labute approximate surface area is 143 Å². The highest BCUT2D eigenvalue weighted by Crippen LogP contribution is 2.08. The highest BCUT2D eigenvalue weighted by Gasteiger charge is 2.10. The molecule has 1 heterocycles. The monoisotopic (exact) mass is 333 g/mol. The van der Waals surface area contributed by atoms with Gasteiger partial charge >= 0.3 is 0 Å². The Hall–Kier alpha value is -2.08. The molecule has 132 valence electrons. The van der Waals surface area contributed by atoms with Gasteiger partial charge in [0.25, 0.3) is 5.91 Å². The predicted octanol–water partition coefficient (Wildman–Crippen LogP) is 1.17. The number of ether oxygens (including phenoxy) is 1. The molecule has 2 rings (SSSR count). The Kier molecular flexibility index (Phi) is 8.10. The molecule has 2 amide bonds. The van der Waals surface area contributed by atoms with Crippen molar-refractivity contribution in [3.8, 4) is 5.75 Å². The number of amides is 2. The standard InChI is InChI=1S/C18H27N3O3/c22-17(19-10-4-5-11-21-12-6-7-13-21)14-20-18(23)15-24-16-8-2-1-3-9-16/h1-3,8-9H,4-7,10-15H2,(H,19,22)(H,20,23). The van der Waals surface area contributed by atoms with Gasteiger partial charge in [0.05, 0.1) is 6.54 Å². The van der Waals surface area contributed by atoms with Crippen molar-refractivity contribution < 1.29 is 14.3 Å². The van der Waals surface area contributed by atoms with Gasteiger partial charge in [0.15, 0.2) is 6.61 Å². The first-order valence-electron chi connectivity index (χ1n) is 8.67. The molecule has 1 aromatic rings. The maximum absolute atomic E-state index is 11.7. The van der Waals surface area contributed by atoms with Crippen LogP contribution in [0.2, 0.25) is 0 Å². The lowest BCUT2D eigenvalue weighted by molar-refractivity contribution is -0.127. The van der Waals surface area contributed by atoms with Crippen LogP contribution in [0.4, 0.5) is 0 Å². The Morgan fingerprint density at radius 1 is 1.00 bits per heavy atom. The van der Waals surface area contributed by atoms with E-state index in [1.807, 2.05) is 18.2 Å². The summed E-state index contributed by atoms with van der Waals surface area (Å²) in [6, 6.07) is 9.11. The molecule has 1 aromatic carbocycles. The summed E-state index contributed by atoms with van der Waals surface area (Å²) < 4.78 is 5.31. The number of benzene rings is 1. The molecular weight excluding hydrogens is 306 g/mol. The van der Waals surface area contributed by atoms with Gasteiger partial charge in [-0.15, -0.1) is 0 Å². The molecule has 6 nitrogen and oxygen atoms in total. The molecule has 0 radical (unpaired) electrons. The Balaban J connectivity index is 1.45. The topological polar surface area (TPSA) is 70.7 Å². The van der Waals surface area contributed by atoms with Gasteiger partial charge in [-0.1, -0.05) is 18.2 Å². The number of hydrogen-bond acceptors (Lipinski definition) is 4. The molecule has 0 bridgehead atoms. The summed E-state index contributed by atoms with van der Waals surface area (Å²) >= 11 is 0. The summed E-state index contributed by atoms with van der Waals surface area (Å²) in [7, 11) is 0. The van der Waals surface area contributed by atoms with E-state index in [1.54, 1.807) is 12.1 Å². The van der Waals surface area contributed by atoms with E-state index in [0.29, 0.717) is 12.3 Å². The number of para-hydroxylation sites is 1. The van der Waals surface area contributed by atoms with Crippen LogP contribution in [0.15, 0.2) is 30.3 Å². The lowest BCUT2D eigenvalue weighted by Gasteiger charge is -2.14. The van der Waals surface area contributed by atoms with E-state index in [4.69, 9.17) is 4.74 Å². The summed E-state index contributed by atoms with van der Waals surface area (Å²) in [4.78, 5) is 25.8. The van der Waals surface area contributed by atoms with Crippen LogP contribution in [-0.4, -0.2) is 56.0 Å². The average molecular weight is 333 g/mol. The van der Waals surface area contributed by atoms with E-state index >= 15 is 0 Å². The largest absolute Gasteiger partial charge is 0.484 e. The van der Waals surface area contributed by atoms with E-state index in [-0.39, 0.29) is 25.0 Å². The van der Waals surface area contributed by atoms with Crippen molar-refractivity contribution in [3.05, 3.63) is 30.3 Å². The average Bonchev–Trinajstić information content (AvgIpc) is 3.12. The SMILES string of the molecule is O=C(CNC(=O)COc1ccccc1)NCCCCN1CCCC1. The van der Waals surface area contributed by atoms with Gasteiger partial charge in [0.1, 0.15) is 5.75 Å². The highest BCUT2D eigenvalue weighted by atomic mass is 16.5. The minimum absolute atomic E-state index is 0.0108. The third-order valence-corrected chi connectivity index (χ3v) is 3.98. The van der Waals surface area contributed by atoms with Crippen molar-refractivity contribution in [1.82, 2.24) is 15.5 Å². The lowest BCUT2D eigenvalue weighted by Crippen LogP contribution is -2.39. The minimum Gasteiger partial charge on any atom is -0.484 e. The number of hydrogen-bond donors (Lipinski definition) is 2. The molecule has 0 saturated carbocycles. The van der Waals surface area contributed by atoms with Crippen molar-refractivity contribution >= 4 is 11.8 Å². The van der Waals surface area contributed by atoms with Crippen LogP contribution in [0.1, 0.15) is 25.7 Å². The molecule has 0 aliphatic carbocycles. The predicted molar refractivity (Wildman–Crippen MR) is 92.9 cm³/mol. The number of rotatable bonds is 10. The molecule has 0 spiro atoms. The first-order chi connectivity index (χ1) is 11.7. The van der Waals surface area contributed by atoms with Gasteiger partial charge in [0, 0.05) is 6.54 Å². The fourth-order valence-corrected chi connectivity index (χ4v) is 2.65. The van der Waals surface area contributed by atoms with Crippen LogP contribution in [0.5, 0.6) is 5.75 Å². The number of nitrogens with one attached hydrogen (secondary N) is 2. The van der Waals surface area contributed by atoms with E-state index in [9.17, 15) is 9.59 Å². The van der Waals surface area contributed by atoms with Gasteiger partial charge in [-0.2, -0.15) is 0 Å². The number of nitrogens with zero attached hydrogens (tertiary/aromatic N) is 1. The Bertz CT molecular complexity index is 501. The van der Waals surface area contributed by atoms with Crippen molar-refractivity contribution in [1.29, 1.82) is 0 Å². The van der Waals surface area contributed by atoms with E-state index in [2.05, 4.69) is 15.5 Å². The van der Waals surface area contributed by atoms with E-state index in [1.165, 1.54) is 25.9 Å². The molecule has 0 unspecified atom stereocenters. The van der Waals surface area contributed by atoms with Crippen LogP contribution in [0, 0.1) is 0 Å². The van der Waals surface area contributed by atoms with Crippen molar-refractivity contribution in [2.45, 2.75) is 25.7 Å². The van der Waals surface area contributed by atoms with Crippen LogP contribution in [-0.2, 0) is 9.59 Å².